The van der Waals surface area contributed by atoms with E-state index >= 15 is 0 Å². The van der Waals surface area contributed by atoms with Gasteiger partial charge in [0, 0.05) is 19.2 Å². The van der Waals surface area contributed by atoms with Gasteiger partial charge >= 0.3 is 0 Å². The summed E-state index contributed by atoms with van der Waals surface area (Å²) in [4.78, 5) is 22.7. The Hall–Kier alpha value is -2.60. The van der Waals surface area contributed by atoms with Crippen LogP contribution in [0.15, 0.2) is 42.5 Å². The minimum Gasteiger partial charge on any atom is -0.482 e. The van der Waals surface area contributed by atoms with E-state index in [1.54, 1.807) is 24.3 Å². The van der Waals surface area contributed by atoms with Crippen LogP contribution in [0.3, 0.4) is 0 Å². The Kier molecular flexibility index (Phi) is 6.14. The van der Waals surface area contributed by atoms with Gasteiger partial charge in [-0.3, -0.25) is 9.59 Å². The number of carbonyl (C=O) groups is 2. The van der Waals surface area contributed by atoms with E-state index in [2.05, 4.69) is 10.6 Å². The molecule has 126 valence electrons. The predicted octanol–water partition coefficient (Wildman–Crippen LogP) is 3.13. The average Bonchev–Trinajstić information content (AvgIpc) is 2.53. The molecule has 0 aliphatic carbocycles. The first kappa shape index (κ1) is 17.7. The van der Waals surface area contributed by atoms with Crippen LogP contribution in [0.5, 0.6) is 5.75 Å². The fourth-order valence-electron chi connectivity index (χ4n) is 1.90. The lowest BCUT2D eigenvalue weighted by Crippen LogP contribution is -2.28. The largest absolute Gasteiger partial charge is 0.482 e. The Morgan fingerprint density at radius 3 is 2.50 bits per heavy atom. The van der Waals surface area contributed by atoms with Gasteiger partial charge in [-0.25, -0.2) is 4.39 Å². The number of anilines is 1. The third-order valence-corrected chi connectivity index (χ3v) is 3.31. The molecular formula is C17H16ClFN2O3. The second-order valence-corrected chi connectivity index (χ2v) is 5.43. The molecule has 7 heteroatoms. The van der Waals surface area contributed by atoms with Gasteiger partial charge in [-0.15, -0.1) is 0 Å². The van der Waals surface area contributed by atoms with E-state index in [9.17, 15) is 14.0 Å². The number of nitrogens with one attached hydrogen (secondary N) is 2. The van der Waals surface area contributed by atoms with Crippen LogP contribution >= 0.6 is 11.6 Å². The van der Waals surface area contributed by atoms with Gasteiger partial charge in [0.05, 0.1) is 5.02 Å². The smallest absolute Gasteiger partial charge is 0.258 e. The van der Waals surface area contributed by atoms with Crippen molar-refractivity contribution in [2.45, 2.75) is 13.5 Å². The zero-order chi connectivity index (χ0) is 17.5. The van der Waals surface area contributed by atoms with E-state index < -0.39 is 5.82 Å². The first-order valence-electron chi connectivity index (χ1n) is 7.15. The van der Waals surface area contributed by atoms with Crippen LogP contribution in [0.1, 0.15) is 12.5 Å². The van der Waals surface area contributed by atoms with E-state index in [0.29, 0.717) is 12.2 Å². The van der Waals surface area contributed by atoms with Crippen molar-refractivity contribution < 1.29 is 18.7 Å². The fourth-order valence-corrected chi connectivity index (χ4v) is 2.12. The molecule has 0 saturated carbocycles. The summed E-state index contributed by atoms with van der Waals surface area (Å²) < 4.78 is 18.2. The summed E-state index contributed by atoms with van der Waals surface area (Å²) in [6.07, 6.45) is 0. The monoisotopic (exact) mass is 350 g/mol. The summed E-state index contributed by atoms with van der Waals surface area (Å²) in [7, 11) is 0. The normalized spacial score (nSPS) is 10.1. The standard InChI is InChI=1S/C17H16ClFN2O3/c1-11(22)21-14-5-2-12(3-6-14)9-20-17(23)10-24-16-7-4-13(19)8-15(16)18/h2-8H,9-10H2,1H3,(H,20,23)(H,21,22). The zero-order valence-electron chi connectivity index (χ0n) is 12.9. The average molecular weight is 351 g/mol. The third-order valence-electron chi connectivity index (χ3n) is 3.02. The van der Waals surface area contributed by atoms with Crippen LogP contribution in [-0.2, 0) is 16.1 Å². The molecule has 0 fully saturated rings. The molecule has 0 heterocycles. The molecule has 0 unspecified atom stereocenters. The molecule has 0 aliphatic rings. The summed E-state index contributed by atoms with van der Waals surface area (Å²) in [5, 5.41) is 5.46. The van der Waals surface area contributed by atoms with Gasteiger partial charge in [0.1, 0.15) is 11.6 Å². The van der Waals surface area contributed by atoms with Crippen LogP contribution in [-0.4, -0.2) is 18.4 Å². The van der Waals surface area contributed by atoms with E-state index in [4.69, 9.17) is 16.3 Å². The van der Waals surface area contributed by atoms with E-state index in [0.717, 1.165) is 11.6 Å². The molecular weight excluding hydrogens is 335 g/mol. The van der Waals surface area contributed by atoms with E-state index in [-0.39, 0.29) is 29.2 Å². The summed E-state index contributed by atoms with van der Waals surface area (Å²) in [5.74, 6) is -0.707. The van der Waals surface area contributed by atoms with Crippen molar-refractivity contribution in [3.63, 3.8) is 0 Å². The molecule has 0 bridgehead atoms. The number of ether oxygens (including phenoxy) is 1. The van der Waals surface area contributed by atoms with Gasteiger partial charge < -0.3 is 15.4 Å². The van der Waals surface area contributed by atoms with Crippen molar-refractivity contribution in [1.29, 1.82) is 0 Å². The summed E-state index contributed by atoms with van der Waals surface area (Å²) in [6, 6.07) is 10.8. The van der Waals surface area contributed by atoms with Crippen molar-refractivity contribution in [1.82, 2.24) is 5.32 Å². The van der Waals surface area contributed by atoms with Crippen molar-refractivity contribution >= 4 is 29.1 Å². The molecule has 2 aromatic rings. The van der Waals surface area contributed by atoms with Crippen LogP contribution in [0, 0.1) is 5.82 Å². The molecule has 0 radical (unpaired) electrons. The number of benzene rings is 2. The maximum absolute atomic E-state index is 12.9. The predicted molar refractivity (Wildman–Crippen MR) is 89.5 cm³/mol. The highest BCUT2D eigenvalue weighted by Crippen LogP contribution is 2.24. The Morgan fingerprint density at radius 2 is 1.88 bits per heavy atom. The number of hydrogen-bond acceptors (Lipinski definition) is 3. The molecule has 2 rings (SSSR count). The summed E-state index contributed by atoms with van der Waals surface area (Å²) >= 11 is 5.81. The number of carbonyl (C=O) groups excluding carboxylic acids is 2. The summed E-state index contributed by atoms with van der Waals surface area (Å²) in [6.45, 7) is 1.52. The van der Waals surface area contributed by atoms with Gasteiger partial charge in [0.25, 0.3) is 5.91 Å². The lowest BCUT2D eigenvalue weighted by molar-refractivity contribution is -0.123. The van der Waals surface area contributed by atoms with Crippen molar-refractivity contribution in [2.24, 2.45) is 0 Å². The number of hydrogen-bond donors (Lipinski definition) is 2. The lowest BCUT2D eigenvalue weighted by Gasteiger charge is -2.09. The highest BCUT2D eigenvalue weighted by atomic mass is 35.5. The minimum absolute atomic E-state index is 0.108. The Labute approximate surface area is 143 Å². The molecule has 2 amide bonds. The van der Waals surface area contributed by atoms with E-state index in [1.807, 2.05) is 0 Å². The van der Waals surface area contributed by atoms with Crippen LogP contribution < -0.4 is 15.4 Å². The third kappa shape index (κ3) is 5.55. The number of rotatable bonds is 6. The molecule has 2 aromatic carbocycles. The maximum Gasteiger partial charge on any atom is 0.258 e. The van der Waals surface area contributed by atoms with Gasteiger partial charge in [-0.05, 0) is 35.9 Å². The zero-order valence-corrected chi connectivity index (χ0v) is 13.7. The molecule has 24 heavy (non-hydrogen) atoms. The first-order chi connectivity index (χ1) is 11.4. The van der Waals surface area contributed by atoms with Crippen molar-refractivity contribution in [2.75, 3.05) is 11.9 Å². The van der Waals surface area contributed by atoms with Crippen molar-refractivity contribution in [3.8, 4) is 5.75 Å². The second-order valence-electron chi connectivity index (χ2n) is 5.02. The van der Waals surface area contributed by atoms with Gasteiger partial charge in [0.2, 0.25) is 5.91 Å². The molecule has 2 N–H and O–H groups in total. The quantitative estimate of drug-likeness (QED) is 0.841. The molecule has 0 atom stereocenters. The SMILES string of the molecule is CC(=O)Nc1ccc(CNC(=O)COc2ccc(F)cc2Cl)cc1. The van der Waals surface area contributed by atoms with Crippen molar-refractivity contribution in [3.05, 3.63) is 58.9 Å². The van der Waals surface area contributed by atoms with Gasteiger partial charge in [-0.1, -0.05) is 23.7 Å². The number of halogens is 2. The van der Waals surface area contributed by atoms with Crippen LogP contribution in [0.25, 0.3) is 0 Å². The van der Waals surface area contributed by atoms with E-state index in [1.165, 1.54) is 19.1 Å². The lowest BCUT2D eigenvalue weighted by atomic mass is 10.2. The molecule has 0 aliphatic heterocycles. The Bertz CT molecular complexity index is 735. The minimum atomic E-state index is -0.473. The Morgan fingerprint density at radius 1 is 1.17 bits per heavy atom. The Balaban J connectivity index is 1.79. The van der Waals surface area contributed by atoms with Gasteiger partial charge in [-0.2, -0.15) is 0 Å². The number of amides is 2. The van der Waals surface area contributed by atoms with Crippen LogP contribution in [0.4, 0.5) is 10.1 Å². The molecule has 5 nitrogen and oxygen atoms in total. The maximum atomic E-state index is 12.9. The fraction of sp³-hybridized carbons (Fsp3) is 0.176. The second kappa shape index (κ2) is 8.31. The van der Waals surface area contributed by atoms with Crippen LogP contribution in [0.2, 0.25) is 5.02 Å². The van der Waals surface area contributed by atoms with Gasteiger partial charge in [0.15, 0.2) is 6.61 Å². The first-order valence-corrected chi connectivity index (χ1v) is 7.53. The highest BCUT2D eigenvalue weighted by Gasteiger charge is 2.07. The summed E-state index contributed by atoms with van der Waals surface area (Å²) in [5.41, 5.74) is 1.56. The highest BCUT2D eigenvalue weighted by molar-refractivity contribution is 6.32. The molecule has 0 saturated heterocycles. The topological polar surface area (TPSA) is 67.4 Å². The molecule has 0 spiro atoms. The molecule has 0 aromatic heterocycles.